The molecule has 0 aliphatic heterocycles. The molecule has 0 aromatic carbocycles. The Labute approximate surface area is 70.0 Å². The van der Waals surface area contributed by atoms with Gasteiger partial charge in [-0.05, 0) is 0 Å². The Bertz CT molecular complexity index is 36.7. The van der Waals surface area contributed by atoms with Gasteiger partial charge < -0.3 is 5.11 Å². The summed E-state index contributed by atoms with van der Waals surface area (Å²) in [5, 5.41) is 7.42. The van der Waals surface area contributed by atoms with Gasteiger partial charge >= 0.3 is 0 Å². The first-order chi connectivity index (χ1) is 1.73. The van der Waals surface area contributed by atoms with Gasteiger partial charge in [0.1, 0.15) is 0 Å². The standard InChI is InChI=1S/C2H4O2.ClH.2Cr/c1-2(3)4;;;/h1H3,(H,3,4);1H;;. The molecule has 0 radical (unpaired) electrons. The van der Waals surface area contributed by atoms with E-state index in [1.165, 1.54) is 0 Å². The summed E-state index contributed by atoms with van der Waals surface area (Å²) >= 11 is 0. The van der Waals surface area contributed by atoms with Crippen LogP contribution in [0.3, 0.4) is 0 Å². The molecule has 0 amide bonds. The van der Waals surface area contributed by atoms with Crippen molar-refractivity contribution in [2.75, 3.05) is 0 Å². The zero-order valence-electron chi connectivity index (χ0n) is 3.58. The Kier molecular flexibility index (Phi) is 56.3. The van der Waals surface area contributed by atoms with Crippen LogP contribution < -0.4 is 0 Å². The zero-order valence-corrected chi connectivity index (χ0v) is 6.95. The van der Waals surface area contributed by atoms with E-state index in [-0.39, 0.29) is 47.1 Å². The average Bonchev–Trinajstić information content (AvgIpc) is 0.811. The molecule has 0 aliphatic carbocycles. The van der Waals surface area contributed by atoms with Gasteiger partial charge in [-0.3, -0.25) is 4.79 Å². The second kappa shape index (κ2) is 15.8. The van der Waals surface area contributed by atoms with Crippen molar-refractivity contribution in [3.05, 3.63) is 0 Å². The number of carboxylic acid groups (broad SMARTS) is 1. The Hall–Kier alpha value is 0.825. The van der Waals surface area contributed by atoms with Gasteiger partial charge in [-0.2, -0.15) is 0 Å². The fourth-order valence-electron chi connectivity index (χ4n) is 0. The van der Waals surface area contributed by atoms with Crippen LogP contribution in [0.15, 0.2) is 0 Å². The minimum Gasteiger partial charge on any atom is -0.481 e. The van der Waals surface area contributed by atoms with Crippen LogP contribution in [0.25, 0.3) is 0 Å². The molecular weight excluding hydrogens is 195 g/mol. The number of hydrogen-bond donors (Lipinski definition) is 1. The third-order valence-corrected chi connectivity index (χ3v) is 0. The second-order valence-electron chi connectivity index (χ2n) is 0.519. The molecule has 0 bridgehead atoms. The molecule has 7 heavy (non-hydrogen) atoms. The van der Waals surface area contributed by atoms with Gasteiger partial charge in [0.15, 0.2) is 0 Å². The minimum absolute atomic E-state index is 0. The number of hydrogen-bond acceptors (Lipinski definition) is 1. The Balaban J connectivity index is -0.0000000150. The van der Waals surface area contributed by atoms with Crippen molar-refractivity contribution in [1.29, 1.82) is 0 Å². The van der Waals surface area contributed by atoms with Crippen LogP contribution in [0.4, 0.5) is 0 Å². The van der Waals surface area contributed by atoms with Crippen LogP contribution >= 0.6 is 12.4 Å². The molecule has 0 atom stereocenters. The van der Waals surface area contributed by atoms with Crippen molar-refractivity contribution < 1.29 is 44.6 Å². The van der Waals surface area contributed by atoms with Gasteiger partial charge in [-0.1, -0.05) is 0 Å². The molecule has 0 fully saturated rings. The maximum Gasteiger partial charge on any atom is 0.300 e. The van der Waals surface area contributed by atoms with Crippen LogP contribution in [-0.4, -0.2) is 11.1 Å². The summed E-state index contributed by atoms with van der Waals surface area (Å²) in [6.07, 6.45) is 0. The van der Waals surface area contributed by atoms with E-state index in [1.807, 2.05) is 0 Å². The first-order valence-electron chi connectivity index (χ1n) is 0.928. The van der Waals surface area contributed by atoms with Crippen LogP contribution in [0.5, 0.6) is 0 Å². The summed E-state index contributed by atoms with van der Waals surface area (Å²) in [6, 6.07) is 0. The number of aliphatic carboxylic acids is 1. The van der Waals surface area contributed by atoms with E-state index < -0.39 is 5.97 Å². The van der Waals surface area contributed by atoms with Gasteiger partial charge in [-0.25, -0.2) is 0 Å². The molecule has 0 unspecified atom stereocenters. The predicted molar refractivity (Wildman–Crippen MR) is 20.6 cm³/mol. The van der Waals surface area contributed by atoms with E-state index >= 15 is 0 Å². The summed E-state index contributed by atoms with van der Waals surface area (Å²) in [5.74, 6) is -0.833. The second-order valence-corrected chi connectivity index (χ2v) is 0.519. The van der Waals surface area contributed by atoms with Crippen molar-refractivity contribution in [3.63, 3.8) is 0 Å². The van der Waals surface area contributed by atoms with E-state index in [2.05, 4.69) is 0 Å². The quantitative estimate of drug-likeness (QED) is 0.619. The zero-order chi connectivity index (χ0) is 3.58. The summed E-state index contributed by atoms with van der Waals surface area (Å²) in [6.45, 7) is 1.08. The number of rotatable bonds is 0. The molecule has 0 aliphatic rings. The molecule has 44 valence electrons. The van der Waals surface area contributed by atoms with Crippen molar-refractivity contribution >= 4 is 18.4 Å². The van der Waals surface area contributed by atoms with Crippen LogP contribution in [0.1, 0.15) is 6.92 Å². The Morgan fingerprint density at radius 2 is 1.43 bits per heavy atom. The van der Waals surface area contributed by atoms with Crippen molar-refractivity contribution in [1.82, 2.24) is 0 Å². The van der Waals surface area contributed by atoms with Crippen LogP contribution in [0, 0.1) is 0 Å². The normalized spacial score (nSPS) is 3.57. The molecule has 5 heteroatoms. The van der Waals surface area contributed by atoms with Gasteiger partial charge in [0, 0.05) is 41.6 Å². The summed E-state index contributed by atoms with van der Waals surface area (Å²) in [7, 11) is 0. The van der Waals surface area contributed by atoms with Crippen LogP contribution in [0.2, 0.25) is 0 Å². The van der Waals surface area contributed by atoms with E-state index in [0.29, 0.717) is 0 Å². The van der Waals surface area contributed by atoms with E-state index in [4.69, 9.17) is 9.90 Å². The number of carboxylic acids is 1. The molecule has 2 nitrogen and oxygen atoms in total. The third-order valence-electron chi connectivity index (χ3n) is 0. The number of halogens is 1. The largest absolute Gasteiger partial charge is 0.481 e. The molecule has 1 N–H and O–H groups in total. The van der Waals surface area contributed by atoms with Gasteiger partial charge in [-0.15, -0.1) is 12.4 Å². The van der Waals surface area contributed by atoms with E-state index in [1.54, 1.807) is 0 Å². The molecular formula is C2H5ClCr2O2. The number of carbonyl (C=O) groups is 1. The molecule has 0 saturated heterocycles. The van der Waals surface area contributed by atoms with Gasteiger partial charge in [0.25, 0.3) is 5.97 Å². The predicted octanol–water partition coefficient (Wildman–Crippen LogP) is 0.508. The first kappa shape index (κ1) is 24.9. The van der Waals surface area contributed by atoms with Gasteiger partial charge in [0.2, 0.25) is 0 Å². The Morgan fingerprint density at radius 1 is 1.43 bits per heavy atom. The first-order valence-corrected chi connectivity index (χ1v) is 0.928. The fraction of sp³-hybridized carbons (Fsp3) is 0.500. The summed E-state index contributed by atoms with van der Waals surface area (Å²) < 4.78 is 0. The molecule has 0 spiro atoms. The molecule has 0 aromatic rings. The molecule has 0 heterocycles. The third kappa shape index (κ3) is 233. The van der Waals surface area contributed by atoms with Crippen molar-refractivity contribution in [3.8, 4) is 0 Å². The van der Waals surface area contributed by atoms with Crippen LogP contribution in [-0.2, 0) is 39.5 Å². The van der Waals surface area contributed by atoms with E-state index in [9.17, 15) is 0 Å². The maximum absolute atomic E-state index is 9.00. The van der Waals surface area contributed by atoms with Crippen molar-refractivity contribution in [2.24, 2.45) is 0 Å². The molecule has 0 rings (SSSR count). The smallest absolute Gasteiger partial charge is 0.300 e. The topological polar surface area (TPSA) is 37.3 Å². The average molecular weight is 201 g/mol. The minimum atomic E-state index is -0.833. The van der Waals surface area contributed by atoms with Crippen molar-refractivity contribution in [2.45, 2.75) is 6.92 Å². The van der Waals surface area contributed by atoms with Gasteiger partial charge in [0.05, 0.1) is 0 Å². The SMILES string of the molecule is CC(=O)O.Cl.[Cr].[Cr]. The summed E-state index contributed by atoms with van der Waals surface area (Å²) in [5.41, 5.74) is 0. The fourth-order valence-corrected chi connectivity index (χ4v) is 0. The molecule has 0 saturated carbocycles. The maximum atomic E-state index is 9.00. The summed E-state index contributed by atoms with van der Waals surface area (Å²) in [4.78, 5) is 9.00. The monoisotopic (exact) mass is 200 g/mol. The molecule has 0 aromatic heterocycles. The Morgan fingerprint density at radius 3 is 1.43 bits per heavy atom. The van der Waals surface area contributed by atoms with E-state index in [0.717, 1.165) is 6.92 Å².